The first-order valence-electron chi connectivity index (χ1n) is 13.9. The van der Waals surface area contributed by atoms with Gasteiger partial charge in [-0.3, -0.25) is 9.59 Å². The van der Waals surface area contributed by atoms with E-state index in [-0.39, 0.29) is 11.3 Å². The number of pyridine rings is 1. The van der Waals surface area contributed by atoms with Crippen molar-refractivity contribution in [1.29, 1.82) is 0 Å². The van der Waals surface area contributed by atoms with Crippen molar-refractivity contribution in [1.82, 2.24) is 14.3 Å². The Balaban J connectivity index is 1.55. The number of aliphatic hydroxyl groups excluding tert-OH is 1. The highest BCUT2D eigenvalue weighted by Gasteiger charge is 2.46. The zero-order valence-corrected chi connectivity index (χ0v) is 23.3. The maximum Gasteiger partial charge on any atom is 0.295 e. The Labute approximate surface area is 234 Å². The van der Waals surface area contributed by atoms with E-state index in [9.17, 15) is 14.7 Å². The Morgan fingerprint density at radius 2 is 1.73 bits per heavy atom. The molecule has 2 aromatic heterocycles. The van der Waals surface area contributed by atoms with Crippen molar-refractivity contribution >= 4 is 23.1 Å². The Hall–Kier alpha value is -4.39. The number of hydrogen-bond donors (Lipinski definition) is 1. The van der Waals surface area contributed by atoms with Gasteiger partial charge in [0, 0.05) is 12.7 Å². The standard InChI is InChI=1S/C33H35N3O4/c1-4-5-9-21-40-26-16-14-25(15-17-26)29-27(30(37)28-23(3)35-19-10-11-22(2)32(35)34-28)31(38)33(39)36(29)20-18-24-12-7-6-8-13-24/h6-8,10-17,19,29,37H,4-5,9,18,20-21H2,1-3H3. The molecule has 40 heavy (non-hydrogen) atoms. The van der Waals surface area contributed by atoms with Crippen molar-refractivity contribution in [3.05, 3.63) is 107 Å². The van der Waals surface area contributed by atoms with Crippen molar-refractivity contribution < 1.29 is 19.4 Å². The normalized spacial score (nSPS) is 16.7. The highest BCUT2D eigenvalue weighted by molar-refractivity contribution is 6.46. The van der Waals surface area contributed by atoms with Crippen LogP contribution in [0.15, 0.2) is 78.5 Å². The molecular weight excluding hydrogens is 502 g/mol. The van der Waals surface area contributed by atoms with E-state index in [1.807, 2.05) is 91.2 Å². The first-order chi connectivity index (χ1) is 19.4. The number of aryl methyl sites for hydroxylation is 2. The predicted molar refractivity (Wildman–Crippen MR) is 155 cm³/mol. The number of carbonyl (C=O) groups is 2. The molecule has 0 radical (unpaired) electrons. The lowest BCUT2D eigenvalue weighted by Crippen LogP contribution is -2.31. The summed E-state index contributed by atoms with van der Waals surface area (Å²) in [6.45, 7) is 6.90. The molecule has 7 nitrogen and oxygen atoms in total. The second-order valence-electron chi connectivity index (χ2n) is 10.3. The minimum absolute atomic E-state index is 0.0545. The SMILES string of the molecule is CCCCCOc1ccc(C2C(=C(O)c3nc4c(C)cccn4c3C)C(=O)C(=O)N2CCc2ccccc2)cc1. The third-order valence-electron chi connectivity index (χ3n) is 7.54. The van der Waals surface area contributed by atoms with Gasteiger partial charge in [0.1, 0.15) is 17.1 Å². The summed E-state index contributed by atoms with van der Waals surface area (Å²) in [5.41, 5.74) is 4.48. The van der Waals surface area contributed by atoms with Crippen LogP contribution in [-0.2, 0) is 16.0 Å². The first kappa shape index (κ1) is 27.2. The summed E-state index contributed by atoms with van der Waals surface area (Å²) in [4.78, 5) is 33.2. The Kier molecular flexibility index (Phi) is 8.01. The number of unbranched alkanes of at least 4 members (excludes halogenated alkanes) is 2. The Bertz CT molecular complexity index is 1550. The van der Waals surface area contributed by atoms with Gasteiger partial charge in [-0.1, -0.05) is 68.3 Å². The lowest BCUT2D eigenvalue weighted by atomic mass is 9.96. The smallest absolute Gasteiger partial charge is 0.295 e. The number of rotatable bonds is 10. The molecule has 0 saturated carbocycles. The molecule has 1 fully saturated rings. The third-order valence-corrected chi connectivity index (χ3v) is 7.54. The fourth-order valence-electron chi connectivity index (χ4n) is 5.31. The summed E-state index contributed by atoms with van der Waals surface area (Å²) in [5, 5.41) is 11.6. The molecule has 1 N–H and O–H groups in total. The molecule has 7 heteroatoms. The molecule has 2 aromatic carbocycles. The average Bonchev–Trinajstić information content (AvgIpc) is 3.44. The largest absolute Gasteiger partial charge is 0.505 e. The summed E-state index contributed by atoms with van der Waals surface area (Å²) >= 11 is 0. The average molecular weight is 538 g/mol. The van der Waals surface area contributed by atoms with E-state index in [4.69, 9.17) is 4.74 Å². The van der Waals surface area contributed by atoms with E-state index in [0.29, 0.717) is 36.6 Å². The van der Waals surface area contributed by atoms with Crippen LogP contribution in [0.25, 0.3) is 11.4 Å². The summed E-state index contributed by atoms with van der Waals surface area (Å²) in [6, 6.07) is 20.4. The first-order valence-corrected chi connectivity index (χ1v) is 13.9. The molecule has 206 valence electrons. The zero-order chi connectivity index (χ0) is 28.2. The monoisotopic (exact) mass is 537 g/mol. The van der Waals surface area contributed by atoms with Crippen LogP contribution in [0.5, 0.6) is 5.75 Å². The van der Waals surface area contributed by atoms with Crippen LogP contribution in [0.2, 0.25) is 0 Å². The quantitative estimate of drug-likeness (QED) is 0.113. The van der Waals surface area contributed by atoms with Gasteiger partial charge >= 0.3 is 0 Å². The van der Waals surface area contributed by atoms with Crippen molar-refractivity contribution in [2.75, 3.05) is 13.2 Å². The minimum atomic E-state index is -0.747. The highest BCUT2D eigenvalue weighted by atomic mass is 16.5. The fraction of sp³-hybridized carbons (Fsp3) is 0.303. The molecule has 1 aliphatic heterocycles. The van der Waals surface area contributed by atoms with Gasteiger partial charge in [0.25, 0.3) is 11.7 Å². The Morgan fingerprint density at radius 3 is 2.42 bits per heavy atom. The number of Topliss-reactive ketones (excluding diaryl/α,β-unsaturated/α-hetero) is 1. The van der Waals surface area contributed by atoms with E-state index in [1.165, 1.54) is 0 Å². The van der Waals surface area contributed by atoms with Gasteiger partial charge in [0.15, 0.2) is 5.76 Å². The van der Waals surface area contributed by atoms with E-state index in [1.54, 1.807) is 4.90 Å². The number of nitrogens with zero attached hydrogens (tertiary/aromatic N) is 3. The van der Waals surface area contributed by atoms with Gasteiger partial charge in [0.05, 0.1) is 23.9 Å². The molecule has 0 aliphatic carbocycles. The van der Waals surface area contributed by atoms with Crippen LogP contribution in [0.1, 0.15) is 60.3 Å². The number of amides is 1. The summed E-state index contributed by atoms with van der Waals surface area (Å²) in [6.07, 6.45) is 5.66. The van der Waals surface area contributed by atoms with Gasteiger partial charge < -0.3 is 19.1 Å². The van der Waals surface area contributed by atoms with Crippen LogP contribution >= 0.6 is 0 Å². The van der Waals surface area contributed by atoms with Crippen LogP contribution in [0.3, 0.4) is 0 Å². The Morgan fingerprint density at radius 1 is 0.975 bits per heavy atom. The number of carbonyl (C=O) groups excluding carboxylic acids is 2. The number of ketones is 1. The molecule has 1 amide bonds. The molecule has 0 spiro atoms. The third kappa shape index (κ3) is 5.24. The number of ether oxygens (including phenoxy) is 1. The molecule has 1 aliphatic rings. The van der Waals surface area contributed by atoms with Crippen molar-refractivity contribution in [3.63, 3.8) is 0 Å². The number of fused-ring (bicyclic) bond motifs is 1. The number of hydrogen-bond acceptors (Lipinski definition) is 5. The van der Waals surface area contributed by atoms with E-state index in [0.717, 1.165) is 41.7 Å². The lowest BCUT2D eigenvalue weighted by molar-refractivity contribution is -0.139. The van der Waals surface area contributed by atoms with Crippen molar-refractivity contribution in [2.45, 2.75) is 52.5 Å². The molecule has 0 bridgehead atoms. The van der Waals surface area contributed by atoms with Crippen molar-refractivity contribution in [3.8, 4) is 5.75 Å². The minimum Gasteiger partial charge on any atom is -0.505 e. The van der Waals surface area contributed by atoms with E-state index in [2.05, 4.69) is 11.9 Å². The van der Waals surface area contributed by atoms with Gasteiger partial charge in [-0.05, 0) is 61.6 Å². The van der Waals surface area contributed by atoms with Gasteiger partial charge in [0.2, 0.25) is 0 Å². The lowest BCUT2D eigenvalue weighted by Gasteiger charge is -2.25. The second kappa shape index (κ2) is 11.8. The van der Waals surface area contributed by atoms with E-state index < -0.39 is 17.7 Å². The summed E-state index contributed by atoms with van der Waals surface area (Å²) in [7, 11) is 0. The van der Waals surface area contributed by atoms with Crippen molar-refractivity contribution in [2.24, 2.45) is 0 Å². The number of likely N-dealkylation sites (tertiary alicyclic amines) is 1. The highest BCUT2D eigenvalue weighted by Crippen LogP contribution is 2.40. The maximum absolute atomic E-state index is 13.5. The topological polar surface area (TPSA) is 84.1 Å². The molecule has 4 aromatic rings. The number of aliphatic hydroxyl groups is 1. The molecule has 5 rings (SSSR count). The van der Waals surface area contributed by atoms with Crippen LogP contribution in [0, 0.1) is 13.8 Å². The number of benzene rings is 2. The molecular formula is C33H35N3O4. The predicted octanol–water partition coefficient (Wildman–Crippen LogP) is 6.18. The molecule has 3 heterocycles. The molecule has 1 saturated heterocycles. The van der Waals surface area contributed by atoms with Gasteiger partial charge in [-0.25, -0.2) is 4.98 Å². The molecule has 1 unspecified atom stereocenters. The second-order valence-corrected chi connectivity index (χ2v) is 10.3. The van der Waals surface area contributed by atoms with E-state index >= 15 is 0 Å². The van der Waals surface area contributed by atoms with Gasteiger partial charge in [-0.15, -0.1) is 0 Å². The summed E-state index contributed by atoms with van der Waals surface area (Å²) < 4.78 is 7.77. The fourth-order valence-corrected chi connectivity index (χ4v) is 5.31. The maximum atomic E-state index is 13.5. The zero-order valence-electron chi connectivity index (χ0n) is 23.3. The van der Waals surface area contributed by atoms with Crippen LogP contribution in [0.4, 0.5) is 0 Å². The molecule has 1 atom stereocenters. The number of imidazole rings is 1. The van der Waals surface area contributed by atoms with Crippen LogP contribution < -0.4 is 4.74 Å². The summed E-state index contributed by atoms with van der Waals surface area (Å²) in [5.74, 6) is -0.859. The van der Waals surface area contributed by atoms with Crippen LogP contribution in [-0.4, -0.2) is 44.2 Å². The van der Waals surface area contributed by atoms with Gasteiger partial charge in [-0.2, -0.15) is 0 Å². The number of aromatic nitrogens is 2.